The second-order valence-electron chi connectivity index (χ2n) is 6.53. The Kier molecular flexibility index (Phi) is 5.77. The monoisotopic (exact) mass is 363 g/mol. The fourth-order valence-corrected chi connectivity index (χ4v) is 2.81. The van der Waals surface area contributed by atoms with Crippen LogP contribution in [-0.2, 0) is 4.74 Å². The van der Waals surface area contributed by atoms with Crippen LogP contribution in [0.15, 0.2) is 23.0 Å². The fraction of sp³-hybridized carbons (Fsp3) is 0.529. The van der Waals surface area contributed by atoms with Crippen LogP contribution in [0.25, 0.3) is 0 Å². The van der Waals surface area contributed by atoms with Crippen LogP contribution in [0.4, 0.5) is 14.9 Å². The van der Waals surface area contributed by atoms with Gasteiger partial charge in [-0.25, -0.2) is 9.18 Å². The van der Waals surface area contributed by atoms with Crippen LogP contribution < -0.4 is 10.6 Å². The highest BCUT2D eigenvalue weighted by Gasteiger charge is 2.31. The number of nitrogens with zero attached hydrogens (tertiary/aromatic N) is 3. The number of rotatable bonds is 5. The molecule has 0 radical (unpaired) electrons. The highest BCUT2D eigenvalue weighted by atomic mass is 19.1. The molecule has 1 saturated heterocycles. The molecule has 2 aromatic rings. The van der Waals surface area contributed by atoms with E-state index in [-0.39, 0.29) is 17.5 Å². The summed E-state index contributed by atoms with van der Waals surface area (Å²) < 4.78 is 24.5. The summed E-state index contributed by atoms with van der Waals surface area (Å²) in [5.74, 6) is 0.537. The molecule has 0 aromatic carbocycles. The maximum atomic E-state index is 13.7. The smallest absolute Gasteiger partial charge is 0.319 e. The molecule has 1 atom stereocenters. The first-order valence-electron chi connectivity index (χ1n) is 8.63. The Morgan fingerprint density at radius 2 is 2.12 bits per heavy atom. The fourth-order valence-electron chi connectivity index (χ4n) is 2.81. The number of urea groups is 1. The van der Waals surface area contributed by atoms with E-state index >= 15 is 0 Å². The van der Waals surface area contributed by atoms with Crippen LogP contribution in [0.2, 0.25) is 0 Å². The second-order valence-corrected chi connectivity index (χ2v) is 6.53. The molecule has 0 spiro atoms. The van der Waals surface area contributed by atoms with Gasteiger partial charge < -0.3 is 19.9 Å². The lowest BCUT2D eigenvalue weighted by Crippen LogP contribution is -2.38. The number of ether oxygens (including phenoxy) is 1. The Labute approximate surface area is 150 Å². The summed E-state index contributed by atoms with van der Waals surface area (Å²) in [6.07, 6.45) is 3.96. The minimum Gasteiger partial charge on any atom is -0.381 e. The van der Waals surface area contributed by atoms with E-state index in [0.717, 1.165) is 19.0 Å². The van der Waals surface area contributed by atoms with Gasteiger partial charge in [0.15, 0.2) is 11.6 Å². The van der Waals surface area contributed by atoms with Crippen molar-refractivity contribution < 1.29 is 18.4 Å². The highest BCUT2D eigenvalue weighted by molar-refractivity contribution is 5.89. The zero-order valence-electron chi connectivity index (χ0n) is 14.7. The van der Waals surface area contributed by atoms with Gasteiger partial charge in [0.2, 0.25) is 5.89 Å². The lowest BCUT2D eigenvalue weighted by molar-refractivity contribution is 0.0506. The van der Waals surface area contributed by atoms with Crippen LogP contribution in [0.1, 0.15) is 50.4 Å². The normalized spacial score (nSPS) is 16.5. The molecule has 8 nitrogen and oxygen atoms in total. The second kappa shape index (κ2) is 8.22. The lowest BCUT2D eigenvalue weighted by atomic mass is 9.91. The summed E-state index contributed by atoms with van der Waals surface area (Å²) in [6.45, 7) is 5.14. The van der Waals surface area contributed by atoms with Crippen molar-refractivity contribution in [1.82, 2.24) is 20.4 Å². The third-order valence-corrected chi connectivity index (χ3v) is 4.28. The largest absolute Gasteiger partial charge is 0.381 e. The van der Waals surface area contributed by atoms with Crippen molar-refractivity contribution in [3.63, 3.8) is 0 Å². The molecule has 140 valence electrons. The van der Waals surface area contributed by atoms with Crippen molar-refractivity contribution in [2.75, 3.05) is 18.5 Å². The molecule has 3 heterocycles. The number of nitrogens with one attached hydrogen (secondary N) is 2. The number of anilines is 1. The van der Waals surface area contributed by atoms with E-state index in [1.807, 2.05) is 13.8 Å². The molecular weight excluding hydrogens is 341 g/mol. The highest BCUT2D eigenvalue weighted by Crippen LogP contribution is 2.30. The summed E-state index contributed by atoms with van der Waals surface area (Å²) in [6, 6.07) is 0.377. The minimum atomic E-state index is -0.606. The molecule has 2 aromatic heterocycles. The first-order valence-corrected chi connectivity index (χ1v) is 8.63. The summed E-state index contributed by atoms with van der Waals surface area (Å²) >= 11 is 0. The third kappa shape index (κ3) is 4.34. The molecule has 1 aliphatic heterocycles. The zero-order chi connectivity index (χ0) is 18.5. The molecule has 0 saturated carbocycles. The molecule has 9 heteroatoms. The molecule has 2 N–H and O–H groups in total. The van der Waals surface area contributed by atoms with Crippen molar-refractivity contribution in [3.8, 4) is 0 Å². The number of carbonyl (C=O) groups is 1. The van der Waals surface area contributed by atoms with Crippen LogP contribution >= 0.6 is 0 Å². The van der Waals surface area contributed by atoms with Gasteiger partial charge >= 0.3 is 6.03 Å². The topological polar surface area (TPSA) is 102 Å². The van der Waals surface area contributed by atoms with E-state index < -0.39 is 17.9 Å². The first kappa shape index (κ1) is 18.2. The quantitative estimate of drug-likeness (QED) is 0.847. The van der Waals surface area contributed by atoms with Crippen LogP contribution in [-0.4, -0.2) is 34.4 Å². The van der Waals surface area contributed by atoms with E-state index in [1.54, 1.807) is 0 Å². The molecule has 2 amide bonds. The van der Waals surface area contributed by atoms with Crippen molar-refractivity contribution >= 4 is 11.7 Å². The Morgan fingerprint density at radius 3 is 2.77 bits per heavy atom. The van der Waals surface area contributed by atoms with E-state index in [9.17, 15) is 9.18 Å². The van der Waals surface area contributed by atoms with Gasteiger partial charge in [0.05, 0.1) is 11.9 Å². The molecule has 1 aliphatic rings. The number of amides is 2. The van der Waals surface area contributed by atoms with Crippen molar-refractivity contribution in [1.29, 1.82) is 0 Å². The summed E-state index contributed by atoms with van der Waals surface area (Å²) in [7, 11) is 0. The number of carbonyl (C=O) groups excluding carboxylic acids is 1. The van der Waals surface area contributed by atoms with Crippen LogP contribution in [0, 0.1) is 11.7 Å². The molecule has 3 rings (SSSR count). The predicted octanol–water partition coefficient (Wildman–Crippen LogP) is 3.02. The number of hydrogen-bond donors (Lipinski definition) is 2. The van der Waals surface area contributed by atoms with Crippen molar-refractivity contribution in [2.45, 2.75) is 38.6 Å². The average molecular weight is 363 g/mol. The van der Waals surface area contributed by atoms with Crippen molar-refractivity contribution in [3.05, 3.63) is 36.0 Å². The molecule has 26 heavy (non-hydrogen) atoms. The number of hydrogen-bond acceptors (Lipinski definition) is 6. The van der Waals surface area contributed by atoms with Crippen LogP contribution in [0.3, 0.4) is 0 Å². The first-order chi connectivity index (χ1) is 12.5. The number of halogens is 1. The lowest BCUT2D eigenvalue weighted by Gasteiger charge is -2.28. The molecular formula is C17H22FN5O3. The van der Waals surface area contributed by atoms with Gasteiger partial charge in [-0.1, -0.05) is 19.0 Å². The molecule has 1 fully saturated rings. The Morgan fingerprint density at radius 1 is 1.35 bits per heavy atom. The predicted molar refractivity (Wildman–Crippen MR) is 91.0 cm³/mol. The van der Waals surface area contributed by atoms with Gasteiger partial charge in [-0.3, -0.25) is 4.98 Å². The van der Waals surface area contributed by atoms with Crippen molar-refractivity contribution in [2.24, 2.45) is 5.92 Å². The zero-order valence-corrected chi connectivity index (χ0v) is 14.7. The van der Waals surface area contributed by atoms with Gasteiger partial charge in [-0.2, -0.15) is 4.98 Å². The summed E-state index contributed by atoms with van der Waals surface area (Å²) in [4.78, 5) is 20.5. The van der Waals surface area contributed by atoms with E-state index in [0.29, 0.717) is 24.9 Å². The third-order valence-electron chi connectivity index (χ3n) is 4.28. The minimum absolute atomic E-state index is 0.0524. The van der Waals surface area contributed by atoms with Gasteiger partial charge in [0, 0.05) is 25.3 Å². The summed E-state index contributed by atoms with van der Waals surface area (Å²) in [5, 5.41) is 9.31. The molecule has 0 unspecified atom stereocenters. The van der Waals surface area contributed by atoms with Crippen LogP contribution in [0.5, 0.6) is 0 Å². The van der Waals surface area contributed by atoms with Gasteiger partial charge in [0.1, 0.15) is 6.04 Å². The average Bonchev–Trinajstić information content (AvgIpc) is 3.12. The Balaban J connectivity index is 1.76. The van der Waals surface area contributed by atoms with Gasteiger partial charge in [-0.05, 0) is 24.8 Å². The van der Waals surface area contributed by atoms with E-state index in [4.69, 9.17) is 9.26 Å². The summed E-state index contributed by atoms with van der Waals surface area (Å²) in [5.41, 5.74) is 0.0524. The SMILES string of the molecule is CC(C)c1noc([C@@H](NC(=O)Nc2ccncc2F)C2CCOCC2)n1. The Bertz CT molecular complexity index is 746. The maximum Gasteiger partial charge on any atom is 0.319 e. The number of pyridine rings is 1. The van der Waals surface area contributed by atoms with Gasteiger partial charge in [-0.15, -0.1) is 0 Å². The Hall–Kier alpha value is -2.55. The van der Waals surface area contributed by atoms with E-state index in [1.165, 1.54) is 12.3 Å². The molecule has 0 aliphatic carbocycles. The number of aromatic nitrogens is 3. The standard InChI is InChI=1S/C17H22FN5O3/c1-10(2)15-22-16(26-23-15)14(11-4-7-25-8-5-11)21-17(24)20-13-3-6-19-9-12(13)18/h3,6,9-11,14H,4-5,7-8H2,1-2H3,(H2,19,20,21,24)/t14-/m0/s1. The van der Waals surface area contributed by atoms with Gasteiger partial charge in [0.25, 0.3) is 0 Å². The maximum absolute atomic E-state index is 13.7. The van der Waals surface area contributed by atoms with E-state index in [2.05, 4.69) is 25.8 Å². The molecule has 0 bridgehead atoms.